The van der Waals surface area contributed by atoms with Crippen LogP contribution in [-0.4, -0.2) is 44.7 Å². The van der Waals surface area contributed by atoms with Crippen molar-refractivity contribution in [1.29, 1.82) is 0 Å². The lowest BCUT2D eigenvalue weighted by Gasteiger charge is -2.34. The molecule has 5 heteroatoms. The van der Waals surface area contributed by atoms with E-state index in [2.05, 4.69) is 11.2 Å². The number of piperidine rings is 1. The van der Waals surface area contributed by atoms with E-state index < -0.39 is 0 Å². The first-order chi connectivity index (χ1) is 13.8. The summed E-state index contributed by atoms with van der Waals surface area (Å²) in [5, 5.41) is 13.9. The molecule has 3 heterocycles. The number of carbonyl (C=O) groups excluding carboxylic acids is 1. The molecule has 2 aromatic heterocycles. The second kappa shape index (κ2) is 8.40. The van der Waals surface area contributed by atoms with Gasteiger partial charge in [0.25, 0.3) is 0 Å². The summed E-state index contributed by atoms with van der Waals surface area (Å²) < 4.78 is 1.85. The lowest BCUT2D eigenvalue weighted by Crippen LogP contribution is -2.43. The van der Waals surface area contributed by atoms with Gasteiger partial charge in [-0.15, -0.1) is 0 Å². The zero-order valence-electron chi connectivity index (χ0n) is 15.9. The maximum atomic E-state index is 12.8. The highest BCUT2D eigenvalue weighted by Crippen LogP contribution is 2.23. The van der Waals surface area contributed by atoms with Crippen LogP contribution in [0.25, 0.3) is 22.9 Å². The Bertz CT molecular complexity index is 976. The lowest BCUT2D eigenvalue weighted by molar-refractivity contribution is -0.129. The van der Waals surface area contributed by atoms with Crippen LogP contribution in [0.4, 0.5) is 0 Å². The third kappa shape index (κ3) is 3.85. The van der Waals surface area contributed by atoms with Crippen molar-refractivity contribution < 1.29 is 9.90 Å². The molecular weight excluding hydrogens is 350 g/mol. The van der Waals surface area contributed by atoms with E-state index in [0.29, 0.717) is 6.42 Å². The molecule has 1 aliphatic rings. The number of aromatic nitrogens is 2. The van der Waals surface area contributed by atoms with Gasteiger partial charge in [-0.3, -0.25) is 4.79 Å². The summed E-state index contributed by atoms with van der Waals surface area (Å²) in [7, 11) is 0. The minimum atomic E-state index is 0.0166. The molecule has 0 spiro atoms. The van der Waals surface area contributed by atoms with Gasteiger partial charge < -0.3 is 10.0 Å². The fourth-order valence-corrected chi connectivity index (χ4v) is 3.92. The zero-order chi connectivity index (χ0) is 19.3. The number of nitrogens with zero attached hydrogens (tertiary/aromatic N) is 3. The van der Waals surface area contributed by atoms with E-state index in [1.165, 1.54) is 0 Å². The van der Waals surface area contributed by atoms with Gasteiger partial charge in [-0.1, -0.05) is 36.4 Å². The van der Waals surface area contributed by atoms with E-state index in [1.807, 2.05) is 64.2 Å². The number of fused-ring (bicyclic) bond motifs is 1. The Morgan fingerprint density at radius 3 is 2.86 bits per heavy atom. The molecule has 0 aliphatic carbocycles. The molecule has 28 heavy (non-hydrogen) atoms. The molecule has 1 fully saturated rings. The Morgan fingerprint density at radius 2 is 2.04 bits per heavy atom. The molecule has 1 saturated heterocycles. The van der Waals surface area contributed by atoms with Crippen LogP contribution in [0, 0.1) is 0 Å². The lowest BCUT2D eigenvalue weighted by atomic mass is 9.99. The van der Waals surface area contributed by atoms with Gasteiger partial charge in [-0.05, 0) is 43.9 Å². The zero-order valence-corrected chi connectivity index (χ0v) is 15.9. The van der Waals surface area contributed by atoms with E-state index in [-0.39, 0.29) is 18.6 Å². The topological polar surface area (TPSA) is 57.8 Å². The molecule has 4 rings (SSSR count). The second-order valence-corrected chi connectivity index (χ2v) is 7.22. The minimum absolute atomic E-state index is 0.0166. The van der Waals surface area contributed by atoms with Gasteiger partial charge in [-0.2, -0.15) is 5.10 Å². The molecule has 0 unspecified atom stereocenters. The highest BCUT2D eigenvalue weighted by Gasteiger charge is 2.24. The fourth-order valence-electron chi connectivity index (χ4n) is 3.92. The normalized spacial score (nSPS) is 17.5. The van der Waals surface area contributed by atoms with Crippen molar-refractivity contribution in [3.8, 4) is 11.3 Å². The molecule has 0 bridgehead atoms. The standard InChI is InChI=1S/C23H25N3O2/c27-16-13-20-10-4-5-14-25(20)23(28)12-11-19-9-6-15-26-22(19)17-21(24-26)18-7-2-1-3-8-18/h1-3,6-9,11-12,15,17,20,27H,4-5,10,13-14,16H2/t20-/m1/s1. The van der Waals surface area contributed by atoms with Crippen LogP contribution < -0.4 is 0 Å². The second-order valence-electron chi connectivity index (χ2n) is 7.22. The van der Waals surface area contributed by atoms with Crippen LogP contribution in [0.5, 0.6) is 0 Å². The molecule has 1 amide bonds. The van der Waals surface area contributed by atoms with Crippen molar-refractivity contribution in [2.45, 2.75) is 31.7 Å². The predicted molar refractivity (Wildman–Crippen MR) is 111 cm³/mol. The number of hydrogen-bond donors (Lipinski definition) is 1. The van der Waals surface area contributed by atoms with E-state index in [9.17, 15) is 9.90 Å². The summed E-state index contributed by atoms with van der Waals surface area (Å²) >= 11 is 0. The third-order valence-corrected chi connectivity index (χ3v) is 5.38. The van der Waals surface area contributed by atoms with Gasteiger partial charge in [0.2, 0.25) is 5.91 Å². The van der Waals surface area contributed by atoms with E-state index in [4.69, 9.17) is 0 Å². The summed E-state index contributed by atoms with van der Waals surface area (Å²) in [6, 6.07) is 16.2. The van der Waals surface area contributed by atoms with Gasteiger partial charge in [0.15, 0.2) is 0 Å². The van der Waals surface area contributed by atoms with Crippen molar-refractivity contribution in [2.75, 3.05) is 13.2 Å². The Labute approximate surface area is 164 Å². The first kappa shape index (κ1) is 18.4. The summed E-state index contributed by atoms with van der Waals surface area (Å²) in [4.78, 5) is 14.7. The molecule has 3 aromatic rings. The number of benzene rings is 1. The van der Waals surface area contributed by atoms with Crippen molar-refractivity contribution in [2.24, 2.45) is 0 Å². The number of amides is 1. The Kier molecular flexibility index (Phi) is 5.53. The third-order valence-electron chi connectivity index (χ3n) is 5.38. The van der Waals surface area contributed by atoms with Gasteiger partial charge >= 0.3 is 0 Å². The monoisotopic (exact) mass is 375 g/mol. The molecule has 1 aromatic carbocycles. The van der Waals surface area contributed by atoms with Crippen LogP contribution in [0.2, 0.25) is 0 Å². The van der Waals surface area contributed by atoms with E-state index in [0.717, 1.165) is 48.1 Å². The van der Waals surface area contributed by atoms with Crippen LogP contribution in [-0.2, 0) is 4.79 Å². The number of likely N-dealkylation sites (tertiary alicyclic amines) is 1. The van der Waals surface area contributed by atoms with Crippen LogP contribution in [0.15, 0.2) is 60.8 Å². The summed E-state index contributed by atoms with van der Waals surface area (Å²) in [5.41, 5.74) is 3.90. The van der Waals surface area contributed by atoms with Crippen LogP contribution in [0.1, 0.15) is 31.2 Å². The SMILES string of the molecule is O=C(C=Cc1cccn2nc(-c3ccccc3)cc12)N1CCCC[C@@H]1CCO. The number of pyridine rings is 1. The molecule has 0 saturated carbocycles. The average molecular weight is 375 g/mol. The number of aliphatic hydroxyl groups excluding tert-OH is 1. The molecule has 144 valence electrons. The Balaban J connectivity index is 1.59. The van der Waals surface area contributed by atoms with Gasteiger partial charge in [0, 0.05) is 42.6 Å². The fraction of sp³-hybridized carbons (Fsp3) is 0.304. The largest absolute Gasteiger partial charge is 0.396 e. The first-order valence-corrected chi connectivity index (χ1v) is 9.89. The Morgan fingerprint density at radius 1 is 1.18 bits per heavy atom. The molecule has 1 atom stereocenters. The molecule has 1 aliphatic heterocycles. The smallest absolute Gasteiger partial charge is 0.246 e. The minimum Gasteiger partial charge on any atom is -0.396 e. The van der Waals surface area contributed by atoms with Crippen molar-refractivity contribution in [1.82, 2.24) is 14.5 Å². The number of rotatable bonds is 5. The predicted octanol–water partition coefficient (Wildman–Crippen LogP) is 3.78. The van der Waals surface area contributed by atoms with Crippen LogP contribution in [0.3, 0.4) is 0 Å². The molecular formula is C23H25N3O2. The quantitative estimate of drug-likeness (QED) is 0.691. The molecule has 0 radical (unpaired) electrons. The van der Waals surface area contributed by atoms with Gasteiger partial charge in [0.1, 0.15) is 0 Å². The number of hydrogen-bond acceptors (Lipinski definition) is 3. The average Bonchev–Trinajstić information content (AvgIpc) is 3.18. The summed E-state index contributed by atoms with van der Waals surface area (Å²) in [5.74, 6) is 0.0166. The van der Waals surface area contributed by atoms with Gasteiger partial charge in [0.05, 0.1) is 11.2 Å². The van der Waals surface area contributed by atoms with Crippen molar-refractivity contribution in [3.63, 3.8) is 0 Å². The molecule has 1 N–H and O–H groups in total. The highest BCUT2D eigenvalue weighted by molar-refractivity contribution is 5.93. The maximum absolute atomic E-state index is 12.8. The van der Waals surface area contributed by atoms with E-state index in [1.54, 1.807) is 6.08 Å². The maximum Gasteiger partial charge on any atom is 0.246 e. The highest BCUT2D eigenvalue weighted by atomic mass is 16.3. The van der Waals surface area contributed by atoms with Crippen molar-refractivity contribution in [3.05, 3.63) is 66.4 Å². The number of aliphatic hydroxyl groups is 1. The molecule has 5 nitrogen and oxygen atoms in total. The van der Waals surface area contributed by atoms with Gasteiger partial charge in [-0.25, -0.2) is 4.52 Å². The van der Waals surface area contributed by atoms with Crippen LogP contribution >= 0.6 is 0 Å². The summed E-state index contributed by atoms with van der Waals surface area (Å²) in [6.45, 7) is 0.887. The number of carbonyl (C=O) groups is 1. The first-order valence-electron chi connectivity index (χ1n) is 9.89. The van der Waals surface area contributed by atoms with Crippen molar-refractivity contribution >= 4 is 17.5 Å². The summed E-state index contributed by atoms with van der Waals surface area (Å²) in [6.07, 6.45) is 9.22. The Hall–Kier alpha value is -2.92. The van der Waals surface area contributed by atoms with E-state index >= 15 is 0 Å².